The number of hydrogen-bond acceptors (Lipinski definition) is 5. The maximum absolute atomic E-state index is 13.5. The SMILES string of the molecule is O=S(=O)(c1ccc(Br)cc1)N1CCN(c2nc(Cc3cc(F)cc(Cl)c3)cs2)CC1. The smallest absolute Gasteiger partial charge is 0.243 e. The molecule has 1 aromatic heterocycles. The number of sulfonamides is 1. The van der Waals surface area contributed by atoms with Crippen molar-refractivity contribution in [2.24, 2.45) is 0 Å². The Bertz CT molecular complexity index is 1130. The van der Waals surface area contributed by atoms with Crippen LogP contribution >= 0.6 is 38.9 Å². The van der Waals surface area contributed by atoms with Gasteiger partial charge in [-0.3, -0.25) is 0 Å². The molecule has 0 aliphatic carbocycles. The summed E-state index contributed by atoms with van der Waals surface area (Å²) in [6, 6.07) is 11.1. The molecular formula is C20H18BrClFN3O2S2. The van der Waals surface area contributed by atoms with Gasteiger partial charge >= 0.3 is 0 Å². The van der Waals surface area contributed by atoms with Crippen LogP contribution in [0.2, 0.25) is 5.02 Å². The van der Waals surface area contributed by atoms with Gasteiger partial charge in [0.1, 0.15) is 5.82 Å². The van der Waals surface area contributed by atoms with E-state index >= 15 is 0 Å². The number of benzene rings is 2. The van der Waals surface area contributed by atoms with E-state index in [0.717, 1.165) is 20.9 Å². The summed E-state index contributed by atoms with van der Waals surface area (Å²) in [7, 11) is -3.51. The van der Waals surface area contributed by atoms with Crippen LogP contribution in [0.25, 0.3) is 0 Å². The predicted octanol–water partition coefficient (Wildman–Crippen LogP) is 4.80. The minimum atomic E-state index is -3.51. The molecule has 2 heterocycles. The molecule has 5 nitrogen and oxygen atoms in total. The second-order valence-corrected chi connectivity index (χ2v) is 11.0. The molecule has 0 spiro atoms. The lowest BCUT2D eigenvalue weighted by atomic mass is 10.1. The van der Waals surface area contributed by atoms with Crippen LogP contribution in [0.4, 0.5) is 9.52 Å². The maximum atomic E-state index is 13.5. The molecule has 30 heavy (non-hydrogen) atoms. The van der Waals surface area contributed by atoms with Crippen LogP contribution in [0.1, 0.15) is 11.3 Å². The van der Waals surface area contributed by atoms with Crippen LogP contribution in [-0.2, 0) is 16.4 Å². The molecule has 3 aromatic rings. The zero-order valence-electron chi connectivity index (χ0n) is 15.8. The molecule has 1 saturated heterocycles. The number of thiazole rings is 1. The number of nitrogens with zero attached hydrogens (tertiary/aromatic N) is 3. The highest BCUT2D eigenvalue weighted by atomic mass is 79.9. The van der Waals surface area contributed by atoms with Crippen LogP contribution < -0.4 is 4.90 Å². The standard InChI is InChI=1S/C20H18BrClFN3O2S2/c21-15-1-3-19(4-2-15)30(27,28)26-7-5-25(6-8-26)20-24-18(13-29-20)11-14-9-16(22)12-17(23)10-14/h1-4,9-10,12-13H,5-8,11H2. The van der Waals surface area contributed by atoms with Crippen molar-refractivity contribution < 1.29 is 12.8 Å². The summed E-state index contributed by atoms with van der Waals surface area (Å²) in [5, 5.41) is 3.15. The molecule has 4 rings (SSSR count). The molecule has 2 aromatic carbocycles. The topological polar surface area (TPSA) is 53.5 Å². The Hall–Kier alpha value is -1.52. The number of halogens is 3. The number of anilines is 1. The van der Waals surface area contributed by atoms with Gasteiger partial charge in [0, 0.05) is 47.5 Å². The van der Waals surface area contributed by atoms with Gasteiger partial charge in [-0.05, 0) is 48.0 Å². The Kier molecular flexibility index (Phi) is 6.45. The van der Waals surface area contributed by atoms with Gasteiger partial charge in [-0.2, -0.15) is 4.31 Å². The third-order valence-corrected chi connectivity index (χ3v) is 8.42. The normalized spacial score (nSPS) is 15.5. The number of piperazine rings is 1. The molecule has 0 saturated carbocycles. The monoisotopic (exact) mass is 529 g/mol. The molecule has 0 amide bonds. The van der Waals surface area contributed by atoms with Crippen molar-refractivity contribution in [2.75, 3.05) is 31.1 Å². The van der Waals surface area contributed by atoms with Gasteiger partial charge in [-0.25, -0.2) is 17.8 Å². The average molecular weight is 531 g/mol. The summed E-state index contributed by atoms with van der Waals surface area (Å²) in [5.74, 6) is -0.365. The van der Waals surface area contributed by atoms with E-state index in [1.165, 1.54) is 27.8 Å². The average Bonchev–Trinajstić information content (AvgIpc) is 3.16. The lowest BCUT2D eigenvalue weighted by Crippen LogP contribution is -2.48. The quantitative estimate of drug-likeness (QED) is 0.476. The van der Waals surface area contributed by atoms with Gasteiger partial charge in [-0.15, -0.1) is 11.3 Å². The Morgan fingerprint density at radius 1 is 1.10 bits per heavy atom. The van der Waals surface area contributed by atoms with E-state index in [9.17, 15) is 12.8 Å². The minimum Gasteiger partial charge on any atom is -0.345 e. The van der Waals surface area contributed by atoms with E-state index in [4.69, 9.17) is 11.6 Å². The van der Waals surface area contributed by atoms with Gasteiger partial charge in [0.25, 0.3) is 0 Å². The van der Waals surface area contributed by atoms with E-state index in [0.29, 0.717) is 42.5 Å². The summed E-state index contributed by atoms with van der Waals surface area (Å²) >= 11 is 10.8. The summed E-state index contributed by atoms with van der Waals surface area (Å²) in [4.78, 5) is 7.03. The van der Waals surface area contributed by atoms with Crippen LogP contribution in [-0.4, -0.2) is 43.9 Å². The second kappa shape index (κ2) is 8.92. The van der Waals surface area contributed by atoms with Crippen molar-refractivity contribution in [1.82, 2.24) is 9.29 Å². The first-order chi connectivity index (χ1) is 14.3. The molecule has 0 radical (unpaired) electrons. The lowest BCUT2D eigenvalue weighted by molar-refractivity contribution is 0.384. The third kappa shape index (κ3) is 4.86. The molecule has 1 fully saturated rings. The fourth-order valence-electron chi connectivity index (χ4n) is 3.32. The maximum Gasteiger partial charge on any atom is 0.243 e. The summed E-state index contributed by atoms with van der Waals surface area (Å²) in [5.41, 5.74) is 1.60. The molecule has 1 aliphatic heterocycles. The second-order valence-electron chi connectivity index (χ2n) is 6.92. The van der Waals surface area contributed by atoms with Crippen molar-refractivity contribution >= 4 is 54.0 Å². The highest BCUT2D eigenvalue weighted by Gasteiger charge is 2.29. The number of aromatic nitrogens is 1. The number of hydrogen-bond donors (Lipinski definition) is 0. The van der Waals surface area contributed by atoms with Crippen molar-refractivity contribution in [3.8, 4) is 0 Å². The summed E-state index contributed by atoms with van der Waals surface area (Å²) in [6.45, 7) is 1.92. The van der Waals surface area contributed by atoms with Crippen molar-refractivity contribution in [3.05, 3.63) is 74.4 Å². The molecule has 1 aliphatic rings. The molecule has 0 bridgehead atoms. The van der Waals surface area contributed by atoms with Gasteiger partial charge in [0.2, 0.25) is 10.0 Å². The van der Waals surface area contributed by atoms with Crippen molar-refractivity contribution in [1.29, 1.82) is 0 Å². The predicted molar refractivity (Wildman–Crippen MR) is 121 cm³/mol. The minimum absolute atomic E-state index is 0.296. The molecular weight excluding hydrogens is 513 g/mol. The van der Waals surface area contributed by atoms with Gasteiger partial charge in [-0.1, -0.05) is 27.5 Å². The largest absolute Gasteiger partial charge is 0.345 e. The molecule has 0 unspecified atom stereocenters. The highest BCUT2D eigenvalue weighted by Crippen LogP contribution is 2.26. The van der Waals surface area contributed by atoms with Crippen LogP contribution in [0.5, 0.6) is 0 Å². The highest BCUT2D eigenvalue weighted by molar-refractivity contribution is 9.10. The first-order valence-electron chi connectivity index (χ1n) is 9.21. The van der Waals surface area contributed by atoms with Gasteiger partial charge < -0.3 is 4.90 Å². The van der Waals surface area contributed by atoms with Crippen LogP contribution in [0.15, 0.2) is 57.2 Å². The summed E-state index contributed by atoms with van der Waals surface area (Å²) in [6.07, 6.45) is 0.492. The fourth-order valence-corrected chi connectivity index (χ4v) is 6.13. The van der Waals surface area contributed by atoms with E-state index in [-0.39, 0.29) is 5.82 Å². The van der Waals surface area contributed by atoms with Gasteiger partial charge in [0.05, 0.1) is 10.6 Å². The fraction of sp³-hybridized carbons (Fsp3) is 0.250. The Morgan fingerprint density at radius 2 is 1.80 bits per heavy atom. The molecule has 10 heteroatoms. The van der Waals surface area contributed by atoms with Crippen molar-refractivity contribution in [2.45, 2.75) is 11.3 Å². The third-order valence-electron chi connectivity index (χ3n) is 4.81. The van der Waals surface area contributed by atoms with Crippen LogP contribution in [0.3, 0.4) is 0 Å². The van der Waals surface area contributed by atoms with E-state index in [2.05, 4.69) is 25.8 Å². The molecule has 158 valence electrons. The zero-order valence-corrected chi connectivity index (χ0v) is 19.7. The first-order valence-corrected chi connectivity index (χ1v) is 12.7. The number of rotatable bonds is 5. The Labute approximate surface area is 192 Å². The lowest BCUT2D eigenvalue weighted by Gasteiger charge is -2.33. The summed E-state index contributed by atoms with van der Waals surface area (Å²) < 4.78 is 41.6. The Balaban J connectivity index is 1.40. The first kappa shape index (κ1) is 21.7. The van der Waals surface area contributed by atoms with E-state index in [1.807, 2.05) is 5.38 Å². The zero-order chi connectivity index (χ0) is 21.3. The van der Waals surface area contributed by atoms with E-state index < -0.39 is 10.0 Å². The van der Waals surface area contributed by atoms with Crippen molar-refractivity contribution in [3.63, 3.8) is 0 Å². The Morgan fingerprint density at radius 3 is 2.47 bits per heavy atom. The van der Waals surface area contributed by atoms with Crippen LogP contribution in [0, 0.1) is 5.82 Å². The van der Waals surface area contributed by atoms with E-state index in [1.54, 1.807) is 30.3 Å². The van der Waals surface area contributed by atoms with Gasteiger partial charge in [0.15, 0.2) is 5.13 Å². The molecule has 0 N–H and O–H groups in total. The molecule has 0 atom stereocenters.